The van der Waals surface area contributed by atoms with Crippen molar-refractivity contribution in [1.82, 2.24) is 10.2 Å². The number of benzene rings is 3. The molecule has 4 rings (SSSR count). The van der Waals surface area contributed by atoms with E-state index in [0.717, 1.165) is 42.0 Å². The van der Waals surface area contributed by atoms with Crippen LogP contribution < -0.4 is 19.5 Å². The van der Waals surface area contributed by atoms with Crippen molar-refractivity contribution in [3.8, 4) is 28.4 Å². The van der Waals surface area contributed by atoms with Crippen LogP contribution in [0.25, 0.3) is 11.1 Å². The molecule has 3 aromatic rings. The van der Waals surface area contributed by atoms with Crippen molar-refractivity contribution in [2.24, 2.45) is 5.92 Å². The molecule has 1 fully saturated rings. The van der Waals surface area contributed by atoms with Crippen molar-refractivity contribution in [3.63, 3.8) is 0 Å². The molecular formula is C36H48N2O6. The summed E-state index contributed by atoms with van der Waals surface area (Å²) in [4.78, 5) is 15.7. The summed E-state index contributed by atoms with van der Waals surface area (Å²) in [5.41, 5.74) is 3.84. The molecule has 1 aliphatic rings. The Morgan fingerprint density at radius 3 is 2.48 bits per heavy atom. The molecule has 0 radical (unpaired) electrons. The minimum atomic E-state index is -0.0370. The molecule has 44 heavy (non-hydrogen) atoms. The molecule has 2 atom stereocenters. The van der Waals surface area contributed by atoms with Crippen LogP contribution in [0.15, 0.2) is 66.7 Å². The maximum absolute atomic E-state index is 13.8. The minimum Gasteiger partial charge on any atom is -0.493 e. The van der Waals surface area contributed by atoms with Gasteiger partial charge in [0.15, 0.2) is 11.5 Å². The average Bonchev–Trinajstić information content (AvgIpc) is 3.47. The largest absolute Gasteiger partial charge is 0.493 e. The van der Waals surface area contributed by atoms with Crippen LogP contribution in [0, 0.1) is 5.92 Å². The van der Waals surface area contributed by atoms with Gasteiger partial charge in [0.2, 0.25) is 0 Å². The summed E-state index contributed by atoms with van der Waals surface area (Å²) in [5, 5.41) is 3.48. The standard InChI is InChI=1S/C36H48N2O6/c1-25(2)38(36(39)29-15-16-33(41-6)34(20-29)42-18-10-17-40-5)23-30-21-37-22-35(30)43-24-27-11-9-12-28(19-27)31-13-7-8-14-32(31)44-26(3)4/h7-9,11-16,19-20,25-26,30,35,37H,10,17-18,21-24H2,1-6H3/t30-,35-/m0/s1. The second-order valence-corrected chi connectivity index (χ2v) is 11.7. The lowest BCUT2D eigenvalue weighted by molar-refractivity contribution is 0.0129. The number of carbonyl (C=O) groups excluding carboxylic acids is 1. The SMILES string of the molecule is COCCCOc1cc(C(=O)N(C[C@@H]2CNC[C@@H]2OCc2cccc(-c3ccccc3OC(C)C)c2)C(C)C)ccc1OC. The number of amides is 1. The Balaban J connectivity index is 1.42. The molecule has 0 unspecified atom stereocenters. The number of methoxy groups -OCH3 is 2. The van der Waals surface area contributed by atoms with E-state index in [2.05, 4.69) is 35.6 Å². The molecule has 8 heteroatoms. The second kappa shape index (κ2) is 16.5. The number of nitrogens with one attached hydrogen (secondary N) is 1. The van der Waals surface area contributed by atoms with Crippen molar-refractivity contribution >= 4 is 5.91 Å². The predicted octanol–water partition coefficient (Wildman–Crippen LogP) is 6.22. The summed E-state index contributed by atoms with van der Waals surface area (Å²) in [6.07, 6.45) is 0.827. The number of hydrogen-bond acceptors (Lipinski definition) is 7. The third-order valence-corrected chi connectivity index (χ3v) is 7.71. The van der Waals surface area contributed by atoms with Crippen molar-refractivity contribution in [3.05, 3.63) is 77.9 Å². The normalized spacial score (nSPS) is 16.4. The van der Waals surface area contributed by atoms with Gasteiger partial charge < -0.3 is 33.9 Å². The van der Waals surface area contributed by atoms with E-state index in [1.54, 1.807) is 32.4 Å². The second-order valence-electron chi connectivity index (χ2n) is 11.7. The van der Waals surface area contributed by atoms with Gasteiger partial charge in [-0.05, 0) is 69.2 Å². The van der Waals surface area contributed by atoms with Gasteiger partial charge in [0.1, 0.15) is 5.75 Å². The zero-order chi connectivity index (χ0) is 31.5. The summed E-state index contributed by atoms with van der Waals surface area (Å²) in [6, 6.07) is 22.0. The van der Waals surface area contributed by atoms with Crippen molar-refractivity contribution in [2.45, 2.75) is 59.0 Å². The zero-order valence-corrected chi connectivity index (χ0v) is 27.0. The van der Waals surface area contributed by atoms with Crippen LogP contribution in [0.3, 0.4) is 0 Å². The Hall–Kier alpha value is -3.59. The fourth-order valence-electron chi connectivity index (χ4n) is 5.43. The van der Waals surface area contributed by atoms with Gasteiger partial charge in [0.25, 0.3) is 5.91 Å². The predicted molar refractivity (Wildman–Crippen MR) is 174 cm³/mol. The zero-order valence-electron chi connectivity index (χ0n) is 27.0. The molecule has 8 nitrogen and oxygen atoms in total. The van der Waals surface area contributed by atoms with E-state index in [4.69, 9.17) is 23.7 Å². The molecule has 0 aromatic heterocycles. The van der Waals surface area contributed by atoms with E-state index >= 15 is 0 Å². The molecule has 1 saturated heterocycles. The lowest BCUT2D eigenvalue weighted by Crippen LogP contribution is -2.43. The molecule has 238 valence electrons. The summed E-state index contributed by atoms with van der Waals surface area (Å²) >= 11 is 0. The quantitative estimate of drug-likeness (QED) is 0.195. The number of nitrogens with zero attached hydrogens (tertiary/aromatic N) is 1. The van der Waals surface area contributed by atoms with Gasteiger partial charge in [0, 0.05) is 62.9 Å². The molecule has 1 heterocycles. The Labute approximate surface area is 262 Å². The highest BCUT2D eigenvalue weighted by Crippen LogP contribution is 2.32. The smallest absolute Gasteiger partial charge is 0.254 e. The maximum atomic E-state index is 13.8. The average molecular weight is 605 g/mol. The Morgan fingerprint density at radius 1 is 0.909 bits per heavy atom. The number of ether oxygens (including phenoxy) is 5. The summed E-state index contributed by atoms with van der Waals surface area (Å²) in [7, 11) is 3.27. The van der Waals surface area contributed by atoms with Crippen molar-refractivity contribution < 1.29 is 28.5 Å². The third-order valence-electron chi connectivity index (χ3n) is 7.71. The van der Waals surface area contributed by atoms with Crippen molar-refractivity contribution in [1.29, 1.82) is 0 Å². The number of hydrogen-bond donors (Lipinski definition) is 1. The fraction of sp³-hybridized carbons (Fsp3) is 0.472. The first-order valence-electron chi connectivity index (χ1n) is 15.6. The number of rotatable bonds is 16. The minimum absolute atomic E-state index is 0.0141. The number of carbonyl (C=O) groups is 1. The van der Waals surface area contributed by atoms with Gasteiger partial charge in [-0.3, -0.25) is 4.79 Å². The Morgan fingerprint density at radius 2 is 1.73 bits per heavy atom. The van der Waals surface area contributed by atoms with Gasteiger partial charge in [-0.25, -0.2) is 0 Å². The molecule has 0 aliphatic carbocycles. The highest BCUT2D eigenvalue weighted by Gasteiger charge is 2.32. The summed E-state index contributed by atoms with van der Waals surface area (Å²) in [5.74, 6) is 2.16. The van der Waals surface area contributed by atoms with E-state index in [9.17, 15) is 4.79 Å². The van der Waals surface area contributed by atoms with E-state index in [1.165, 1.54) is 0 Å². The maximum Gasteiger partial charge on any atom is 0.254 e. The van der Waals surface area contributed by atoms with Gasteiger partial charge in [-0.1, -0.05) is 36.4 Å². The van der Waals surface area contributed by atoms with Gasteiger partial charge in [-0.2, -0.15) is 0 Å². The monoisotopic (exact) mass is 604 g/mol. The molecule has 0 bridgehead atoms. The van der Waals surface area contributed by atoms with E-state index < -0.39 is 0 Å². The molecule has 1 amide bonds. The van der Waals surface area contributed by atoms with Crippen LogP contribution >= 0.6 is 0 Å². The molecular weight excluding hydrogens is 556 g/mol. The Bertz CT molecular complexity index is 1340. The highest BCUT2D eigenvalue weighted by molar-refractivity contribution is 5.95. The Kier molecular flexibility index (Phi) is 12.5. The van der Waals surface area contributed by atoms with E-state index in [1.807, 2.05) is 50.8 Å². The van der Waals surface area contributed by atoms with Crippen LogP contribution in [0.1, 0.15) is 50.0 Å². The van der Waals surface area contributed by atoms with Gasteiger partial charge in [-0.15, -0.1) is 0 Å². The molecule has 0 saturated carbocycles. The van der Waals surface area contributed by atoms with E-state index in [0.29, 0.717) is 43.4 Å². The van der Waals surface area contributed by atoms with Crippen LogP contribution in [0.5, 0.6) is 17.2 Å². The third kappa shape index (κ3) is 8.97. The topological polar surface area (TPSA) is 78.5 Å². The van der Waals surface area contributed by atoms with E-state index in [-0.39, 0.29) is 30.1 Å². The lowest BCUT2D eigenvalue weighted by atomic mass is 10.0. The first-order chi connectivity index (χ1) is 21.3. The van der Waals surface area contributed by atoms with Crippen LogP contribution in [0.2, 0.25) is 0 Å². The first-order valence-corrected chi connectivity index (χ1v) is 15.6. The highest BCUT2D eigenvalue weighted by atomic mass is 16.5. The van der Waals surface area contributed by atoms with Crippen LogP contribution in [0.4, 0.5) is 0 Å². The number of para-hydroxylation sites is 1. The molecule has 1 N–H and O–H groups in total. The fourth-order valence-corrected chi connectivity index (χ4v) is 5.43. The molecule has 0 spiro atoms. The van der Waals surface area contributed by atoms with Gasteiger partial charge in [0.05, 0.1) is 32.5 Å². The summed E-state index contributed by atoms with van der Waals surface area (Å²) in [6.45, 7) is 11.9. The molecule has 1 aliphatic heterocycles. The lowest BCUT2D eigenvalue weighted by Gasteiger charge is -2.31. The molecule has 3 aromatic carbocycles. The van der Waals surface area contributed by atoms with Gasteiger partial charge >= 0.3 is 0 Å². The summed E-state index contributed by atoms with van der Waals surface area (Å²) < 4.78 is 29.1. The van der Waals surface area contributed by atoms with Crippen LogP contribution in [-0.4, -0.2) is 76.1 Å². The first kappa shape index (κ1) is 33.3. The van der Waals surface area contributed by atoms with Crippen molar-refractivity contribution in [2.75, 3.05) is 47.1 Å². The van der Waals surface area contributed by atoms with Crippen LogP contribution in [-0.2, 0) is 16.1 Å².